The lowest BCUT2D eigenvalue weighted by Crippen LogP contribution is -2.47. The van der Waals surface area contributed by atoms with E-state index in [-0.39, 0.29) is 12.6 Å². The molecule has 2 atom stereocenters. The average Bonchev–Trinajstić information content (AvgIpc) is 2.37. The number of halogens is 1. The molecule has 5 nitrogen and oxygen atoms in total. The van der Waals surface area contributed by atoms with E-state index in [9.17, 15) is 9.59 Å². The van der Waals surface area contributed by atoms with Crippen molar-refractivity contribution in [3.05, 3.63) is 34.3 Å². The highest BCUT2D eigenvalue weighted by Gasteiger charge is 2.24. The van der Waals surface area contributed by atoms with Crippen molar-refractivity contribution in [1.82, 2.24) is 5.32 Å². The largest absolute Gasteiger partial charge is 0.464 e. The molecule has 0 aromatic heterocycles. The van der Waals surface area contributed by atoms with Crippen LogP contribution in [0, 0.1) is 0 Å². The van der Waals surface area contributed by atoms with E-state index >= 15 is 0 Å². The highest BCUT2D eigenvalue weighted by Crippen LogP contribution is 2.17. The average molecular weight is 329 g/mol. The Balaban J connectivity index is 2.64. The second-order valence-corrected chi connectivity index (χ2v) is 4.93. The minimum atomic E-state index is -1.30. The number of carbonyl (C=O) groups is 2. The third-order valence-corrected chi connectivity index (χ3v) is 3.02. The van der Waals surface area contributed by atoms with Crippen molar-refractivity contribution in [1.29, 1.82) is 0 Å². The van der Waals surface area contributed by atoms with Crippen LogP contribution in [0.15, 0.2) is 28.7 Å². The lowest BCUT2D eigenvalue weighted by Gasteiger charge is -2.17. The molecule has 1 aromatic carbocycles. The van der Waals surface area contributed by atoms with Crippen LogP contribution in [0.25, 0.3) is 0 Å². The van der Waals surface area contributed by atoms with Gasteiger partial charge in [0.05, 0.1) is 12.6 Å². The van der Waals surface area contributed by atoms with Gasteiger partial charge in [0.15, 0.2) is 6.04 Å². The lowest BCUT2D eigenvalue weighted by atomic mass is 10.1. The summed E-state index contributed by atoms with van der Waals surface area (Å²) in [5, 5.41) is 2.68. The first-order valence-electron chi connectivity index (χ1n) is 5.93. The Labute approximate surface area is 120 Å². The number of hydrogen-bond acceptors (Lipinski definition) is 4. The second kappa shape index (κ2) is 7.25. The van der Waals surface area contributed by atoms with Crippen molar-refractivity contribution >= 4 is 27.8 Å². The van der Waals surface area contributed by atoms with Gasteiger partial charge >= 0.3 is 5.97 Å². The van der Waals surface area contributed by atoms with Crippen LogP contribution in [0.5, 0.6) is 0 Å². The van der Waals surface area contributed by atoms with Gasteiger partial charge in [-0.3, -0.25) is 4.79 Å². The third-order valence-electron chi connectivity index (χ3n) is 2.53. The van der Waals surface area contributed by atoms with Gasteiger partial charge in [-0.15, -0.1) is 0 Å². The number of nitrogens with two attached hydrogens (primary N) is 1. The molecule has 0 bridgehead atoms. The fraction of sp³-hybridized carbons (Fsp3) is 0.385. The Morgan fingerprint density at radius 2 is 2.16 bits per heavy atom. The number of benzene rings is 1. The van der Waals surface area contributed by atoms with Crippen LogP contribution in [0.2, 0.25) is 0 Å². The molecule has 0 saturated heterocycles. The van der Waals surface area contributed by atoms with Crippen LogP contribution < -0.4 is 11.1 Å². The van der Waals surface area contributed by atoms with Gasteiger partial charge < -0.3 is 15.8 Å². The fourth-order valence-electron chi connectivity index (χ4n) is 1.50. The van der Waals surface area contributed by atoms with Gasteiger partial charge in [0.2, 0.25) is 5.91 Å². The normalized spacial score (nSPS) is 13.5. The van der Waals surface area contributed by atoms with E-state index in [0.717, 1.165) is 10.0 Å². The van der Waals surface area contributed by atoms with Crippen LogP contribution in [0.3, 0.4) is 0 Å². The van der Waals surface area contributed by atoms with E-state index in [1.807, 2.05) is 31.2 Å². The molecule has 1 aromatic rings. The summed E-state index contributed by atoms with van der Waals surface area (Å²) in [6.07, 6.45) is 0. The minimum Gasteiger partial charge on any atom is -0.464 e. The van der Waals surface area contributed by atoms with Crippen LogP contribution in [-0.4, -0.2) is 24.5 Å². The lowest BCUT2D eigenvalue weighted by molar-refractivity contribution is -0.148. The molecule has 1 amide bonds. The summed E-state index contributed by atoms with van der Waals surface area (Å²) in [7, 11) is 0. The highest BCUT2D eigenvalue weighted by molar-refractivity contribution is 9.10. The third kappa shape index (κ3) is 4.65. The predicted octanol–water partition coefficient (Wildman–Crippen LogP) is 1.52. The monoisotopic (exact) mass is 328 g/mol. The topological polar surface area (TPSA) is 81.4 Å². The zero-order chi connectivity index (χ0) is 14.4. The first-order valence-corrected chi connectivity index (χ1v) is 6.73. The Morgan fingerprint density at radius 3 is 2.74 bits per heavy atom. The summed E-state index contributed by atoms with van der Waals surface area (Å²) in [6, 6.07) is 5.99. The van der Waals surface area contributed by atoms with E-state index in [2.05, 4.69) is 21.2 Å². The minimum absolute atomic E-state index is 0.195. The first-order chi connectivity index (χ1) is 8.95. The predicted molar refractivity (Wildman–Crippen MR) is 75.3 cm³/mol. The zero-order valence-corrected chi connectivity index (χ0v) is 12.4. The molecule has 0 heterocycles. The number of esters is 1. The van der Waals surface area contributed by atoms with Crippen LogP contribution >= 0.6 is 15.9 Å². The number of amides is 1. The molecule has 1 rings (SSSR count). The van der Waals surface area contributed by atoms with Crippen molar-refractivity contribution in [3.63, 3.8) is 0 Å². The maximum atomic E-state index is 11.8. The number of rotatable bonds is 5. The smallest absolute Gasteiger partial charge is 0.332 e. The molecule has 0 aliphatic heterocycles. The summed E-state index contributed by atoms with van der Waals surface area (Å²) in [5.41, 5.74) is 6.42. The molecule has 0 aliphatic carbocycles. The van der Waals surface area contributed by atoms with E-state index in [1.54, 1.807) is 6.92 Å². The molecule has 3 N–H and O–H groups in total. The molecule has 6 heteroatoms. The van der Waals surface area contributed by atoms with Gasteiger partial charge in [-0.2, -0.15) is 0 Å². The molecule has 1 unspecified atom stereocenters. The Kier molecular flexibility index (Phi) is 5.98. The number of hydrogen-bond donors (Lipinski definition) is 2. The van der Waals surface area contributed by atoms with Crippen molar-refractivity contribution in [2.45, 2.75) is 25.9 Å². The second-order valence-electron chi connectivity index (χ2n) is 4.02. The van der Waals surface area contributed by atoms with Crippen molar-refractivity contribution in [2.75, 3.05) is 6.61 Å². The molecule has 0 spiro atoms. The van der Waals surface area contributed by atoms with Crippen LogP contribution in [-0.2, 0) is 14.3 Å². The van der Waals surface area contributed by atoms with Crippen LogP contribution in [0.1, 0.15) is 25.5 Å². The Bertz CT molecular complexity index is 465. The highest BCUT2D eigenvalue weighted by atomic mass is 79.9. The SMILES string of the molecule is CCOC(=O)C(N)C(=O)N[C@@H](C)c1cccc(Br)c1. The van der Waals surface area contributed by atoms with E-state index in [0.29, 0.717) is 0 Å². The summed E-state index contributed by atoms with van der Waals surface area (Å²) < 4.78 is 5.62. The van der Waals surface area contributed by atoms with Gasteiger partial charge in [-0.25, -0.2) is 4.79 Å². The fourth-order valence-corrected chi connectivity index (χ4v) is 1.92. The van der Waals surface area contributed by atoms with Crippen LogP contribution in [0.4, 0.5) is 0 Å². The summed E-state index contributed by atoms with van der Waals surface area (Å²) in [4.78, 5) is 23.1. The van der Waals surface area contributed by atoms with Gasteiger partial charge in [0, 0.05) is 4.47 Å². The van der Waals surface area contributed by atoms with Crippen molar-refractivity contribution < 1.29 is 14.3 Å². The number of nitrogens with one attached hydrogen (secondary N) is 1. The van der Waals surface area contributed by atoms with Crippen molar-refractivity contribution in [2.24, 2.45) is 5.73 Å². The molecule has 19 heavy (non-hydrogen) atoms. The van der Waals surface area contributed by atoms with Crippen molar-refractivity contribution in [3.8, 4) is 0 Å². The zero-order valence-electron chi connectivity index (χ0n) is 10.9. The molecule has 0 aliphatic rings. The maximum Gasteiger partial charge on any atom is 0.332 e. The summed E-state index contributed by atoms with van der Waals surface area (Å²) in [5.74, 6) is -1.27. The van der Waals surface area contributed by atoms with E-state index < -0.39 is 17.9 Å². The van der Waals surface area contributed by atoms with Gasteiger partial charge in [-0.1, -0.05) is 28.1 Å². The van der Waals surface area contributed by atoms with Gasteiger partial charge in [0.25, 0.3) is 0 Å². The summed E-state index contributed by atoms with van der Waals surface area (Å²) >= 11 is 3.36. The molecule has 0 fully saturated rings. The molecule has 0 radical (unpaired) electrons. The first kappa shape index (κ1) is 15.7. The number of carbonyl (C=O) groups excluding carboxylic acids is 2. The van der Waals surface area contributed by atoms with Gasteiger partial charge in [0.1, 0.15) is 0 Å². The number of ether oxygens (including phenoxy) is 1. The van der Waals surface area contributed by atoms with Gasteiger partial charge in [-0.05, 0) is 31.5 Å². The molecular weight excluding hydrogens is 312 g/mol. The molecule has 0 saturated carbocycles. The maximum absolute atomic E-state index is 11.8. The van der Waals surface area contributed by atoms with E-state index in [4.69, 9.17) is 10.5 Å². The quantitative estimate of drug-likeness (QED) is 0.634. The Hall–Kier alpha value is -1.40. The Morgan fingerprint density at radius 1 is 1.47 bits per heavy atom. The summed E-state index contributed by atoms with van der Waals surface area (Å²) in [6.45, 7) is 3.67. The van der Waals surface area contributed by atoms with E-state index in [1.165, 1.54) is 0 Å². The molecule has 104 valence electrons. The molecular formula is C13H17BrN2O3. The standard InChI is InChI=1S/C13H17BrN2O3/c1-3-19-13(18)11(15)12(17)16-8(2)9-5-4-6-10(14)7-9/h4-8,11H,3,15H2,1-2H3,(H,16,17)/t8-,11?/m0/s1.